The van der Waals surface area contributed by atoms with Crippen LogP contribution < -0.4 is 26.4 Å². The van der Waals surface area contributed by atoms with Gasteiger partial charge in [-0.05, 0) is 71.8 Å². The minimum Gasteiger partial charge on any atom is -0.495 e. The summed E-state index contributed by atoms with van der Waals surface area (Å²) < 4.78 is 24.5. The molecule has 4 rings (SSSR count). The van der Waals surface area contributed by atoms with Crippen LogP contribution in [0.2, 0.25) is 23.2 Å². The second-order valence-electron chi connectivity index (χ2n) is 17.3. The maximum atomic E-state index is 14.6. The molecule has 0 aromatic heterocycles. The predicted molar refractivity (Wildman–Crippen MR) is 229 cm³/mol. The van der Waals surface area contributed by atoms with E-state index in [2.05, 4.69) is 36.7 Å². The Morgan fingerprint density at radius 2 is 1.64 bits per heavy atom. The predicted octanol–water partition coefficient (Wildman–Crippen LogP) is 6.55. The van der Waals surface area contributed by atoms with Crippen molar-refractivity contribution in [1.29, 1.82) is 0 Å². The number of esters is 1. The lowest BCUT2D eigenvalue weighted by Crippen LogP contribution is -2.57. The van der Waals surface area contributed by atoms with Crippen LogP contribution in [0.4, 0.5) is 0 Å². The van der Waals surface area contributed by atoms with E-state index in [1.807, 2.05) is 52.0 Å². The first-order valence-electron chi connectivity index (χ1n) is 20.6. The van der Waals surface area contributed by atoms with Crippen LogP contribution in [-0.2, 0) is 46.0 Å². The average molecular weight is 842 g/mol. The lowest BCUT2D eigenvalue weighted by Gasteiger charge is -2.37. The van der Waals surface area contributed by atoms with E-state index >= 15 is 0 Å². The molecule has 2 aliphatic rings. The topological polar surface area (TPSA) is 171 Å². The number of hydrogen-bond acceptors (Lipinski definition) is 9. The van der Waals surface area contributed by atoms with E-state index in [0.29, 0.717) is 29.3 Å². The Morgan fingerprint density at radius 3 is 2.22 bits per heavy atom. The third-order valence-corrected chi connectivity index (χ3v) is 16.5. The molecule has 0 radical (unpaired) electrons. The van der Waals surface area contributed by atoms with Gasteiger partial charge in [0.1, 0.15) is 30.0 Å². The van der Waals surface area contributed by atoms with Crippen LogP contribution in [-0.4, -0.2) is 76.6 Å². The van der Waals surface area contributed by atoms with Crippen LogP contribution in [0.15, 0.2) is 54.6 Å². The molecule has 0 aliphatic carbocycles. The van der Waals surface area contributed by atoms with Gasteiger partial charge in [-0.2, -0.15) is 0 Å². The molecule has 5 N–H and O–H groups in total. The molecular formula is C44H65ClN4O8Si. The summed E-state index contributed by atoms with van der Waals surface area (Å²) >= 11 is 6.44. The van der Waals surface area contributed by atoms with Gasteiger partial charge in [-0.1, -0.05) is 96.5 Å². The minimum absolute atomic E-state index is 0.0261. The van der Waals surface area contributed by atoms with Gasteiger partial charge in [0.2, 0.25) is 17.7 Å². The number of nitrogens with two attached hydrogens (primary N) is 1. The molecule has 3 amide bonds. The van der Waals surface area contributed by atoms with Crippen LogP contribution in [0.25, 0.3) is 0 Å². The number of halogens is 1. The third kappa shape index (κ3) is 12.6. The van der Waals surface area contributed by atoms with E-state index in [4.69, 9.17) is 36.0 Å². The molecule has 2 heterocycles. The van der Waals surface area contributed by atoms with Gasteiger partial charge in [0.25, 0.3) is 0 Å². The summed E-state index contributed by atoms with van der Waals surface area (Å²) in [5.74, 6) is -1.83. The first kappa shape index (κ1) is 46.9. The summed E-state index contributed by atoms with van der Waals surface area (Å²) in [7, 11) is -0.682. The van der Waals surface area contributed by atoms with E-state index < -0.39 is 55.6 Å². The van der Waals surface area contributed by atoms with E-state index in [9.17, 15) is 19.2 Å². The van der Waals surface area contributed by atoms with Crippen molar-refractivity contribution in [3.05, 3.63) is 76.3 Å². The highest BCUT2D eigenvalue weighted by Gasteiger charge is 2.48. The van der Waals surface area contributed by atoms with Crippen LogP contribution in [0.5, 0.6) is 5.75 Å². The summed E-state index contributed by atoms with van der Waals surface area (Å²) in [6.45, 7) is 16.3. The van der Waals surface area contributed by atoms with E-state index in [1.54, 1.807) is 31.2 Å². The number of cyclic esters (lactones) is 1. The number of carbonyl (C=O) groups excluding carboxylic acids is 4. The summed E-state index contributed by atoms with van der Waals surface area (Å²) in [6, 6.07) is 13.7. The average Bonchev–Trinajstić information content (AvgIpc) is 4.00. The van der Waals surface area contributed by atoms with Crippen molar-refractivity contribution in [1.82, 2.24) is 16.0 Å². The van der Waals surface area contributed by atoms with Gasteiger partial charge in [-0.15, -0.1) is 0 Å². The normalized spacial score (nSPS) is 25.6. The Labute approximate surface area is 350 Å². The number of methoxy groups -OCH3 is 1. The fourth-order valence-electron chi connectivity index (χ4n) is 7.37. The molecule has 1 unspecified atom stereocenters. The number of rotatable bonds is 14. The molecule has 2 aromatic carbocycles. The largest absolute Gasteiger partial charge is 0.495 e. The van der Waals surface area contributed by atoms with Gasteiger partial charge >= 0.3 is 5.97 Å². The van der Waals surface area contributed by atoms with Crippen LogP contribution in [0.3, 0.4) is 0 Å². The van der Waals surface area contributed by atoms with Gasteiger partial charge in [0.05, 0.1) is 23.7 Å². The molecular weight excluding hydrogens is 776 g/mol. The van der Waals surface area contributed by atoms with Crippen LogP contribution in [0, 0.1) is 16.7 Å². The van der Waals surface area contributed by atoms with Crippen LogP contribution in [0.1, 0.15) is 91.0 Å². The Hall–Kier alpha value is -3.75. The number of nitrogens with one attached hydrogen (secondary N) is 3. The molecule has 7 atom stereocenters. The van der Waals surface area contributed by atoms with E-state index in [1.165, 1.54) is 13.2 Å². The highest BCUT2D eigenvalue weighted by Crippen LogP contribution is 2.45. The second-order valence-corrected chi connectivity index (χ2v) is 22.5. The van der Waals surface area contributed by atoms with Crippen molar-refractivity contribution in [2.75, 3.05) is 20.3 Å². The summed E-state index contributed by atoms with van der Waals surface area (Å²) in [6.07, 6.45) is 2.42. The zero-order valence-electron chi connectivity index (χ0n) is 35.7. The third-order valence-electron chi connectivity index (χ3n) is 11.6. The molecule has 12 nitrogen and oxygen atoms in total. The zero-order chi connectivity index (χ0) is 42.8. The minimum atomic E-state index is -2.20. The number of ether oxygens (including phenoxy) is 3. The molecule has 14 heteroatoms. The van der Waals surface area contributed by atoms with Crippen molar-refractivity contribution in [2.45, 2.75) is 130 Å². The molecule has 2 aliphatic heterocycles. The van der Waals surface area contributed by atoms with Crippen molar-refractivity contribution < 1.29 is 37.8 Å². The first-order chi connectivity index (χ1) is 27.4. The van der Waals surface area contributed by atoms with E-state index in [0.717, 1.165) is 29.3 Å². The monoisotopic (exact) mass is 840 g/mol. The Balaban J connectivity index is 1.72. The maximum absolute atomic E-state index is 14.6. The highest BCUT2D eigenvalue weighted by molar-refractivity contribution is 6.73. The summed E-state index contributed by atoms with van der Waals surface area (Å²) in [4.78, 5) is 56.5. The molecule has 1 saturated heterocycles. The van der Waals surface area contributed by atoms with Gasteiger partial charge < -0.3 is 40.3 Å². The molecule has 0 spiro atoms. The zero-order valence-corrected chi connectivity index (χ0v) is 37.5. The number of epoxide rings is 1. The molecule has 1 fully saturated rings. The van der Waals surface area contributed by atoms with E-state index in [-0.39, 0.29) is 49.5 Å². The lowest BCUT2D eigenvalue weighted by molar-refractivity contribution is -0.157. The van der Waals surface area contributed by atoms with Crippen molar-refractivity contribution >= 4 is 43.6 Å². The molecule has 0 bridgehead atoms. The van der Waals surface area contributed by atoms with Crippen LogP contribution >= 0.6 is 11.6 Å². The Morgan fingerprint density at radius 1 is 0.983 bits per heavy atom. The van der Waals surface area contributed by atoms with Crippen molar-refractivity contribution in [2.24, 2.45) is 22.5 Å². The number of amides is 3. The molecule has 2 aromatic rings. The molecule has 58 heavy (non-hydrogen) atoms. The number of benzene rings is 2. The maximum Gasteiger partial charge on any atom is 0.328 e. The Bertz CT molecular complexity index is 1760. The fourth-order valence-corrected chi connectivity index (χ4v) is 10.4. The smallest absolute Gasteiger partial charge is 0.328 e. The SMILES string of the molecule is CC[Si](CC)(CC)OCC1(C)CNC(=O)[C@@H](Cc2ccc(OC)c(Cl)c2)NC(=O)C=CC[C@@H]([C@H](C)[C@H]2O[C@@H]2c2ccc(CN)cc2)OC(=O)[C@H](CC(C)(C)C)NC1=O. The highest BCUT2D eigenvalue weighted by atomic mass is 35.5. The van der Waals surface area contributed by atoms with Gasteiger partial charge in [-0.3, -0.25) is 14.4 Å². The quantitative estimate of drug-likeness (QED) is 0.0937. The standard InChI is InChI=1S/C44H65ClN4O8Si/c1-10-58(11-2,12-3)55-27-44(8)26-47-40(51)33(23-30-18-21-36(54-9)32(45)22-30)48-37(50)15-13-14-35(56-41(52)34(49-42(44)53)24-43(5,6)7)28(4)38-39(57-38)31-19-16-29(25-46)17-20-31/h13,15-22,28,33-35,38-39H,10-12,14,23-27,46H2,1-9H3,(H,47,51)(H,48,50)(H,49,53)/t28-,33+,34-,35-,38+,39+,44?/m0/s1. The number of hydrogen-bond donors (Lipinski definition) is 4. The number of carbonyl (C=O) groups is 4. The lowest BCUT2D eigenvalue weighted by atomic mass is 9.86. The summed E-state index contributed by atoms with van der Waals surface area (Å²) in [5, 5.41) is 9.20. The van der Waals surface area contributed by atoms with Gasteiger partial charge in [0.15, 0.2) is 8.32 Å². The second kappa shape index (κ2) is 20.5. The molecule has 320 valence electrons. The van der Waals surface area contributed by atoms with Crippen molar-refractivity contribution in [3.63, 3.8) is 0 Å². The van der Waals surface area contributed by atoms with Gasteiger partial charge in [-0.25, -0.2) is 4.79 Å². The van der Waals surface area contributed by atoms with Crippen molar-refractivity contribution in [3.8, 4) is 5.75 Å². The summed E-state index contributed by atoms with van der Waals surface area (Å²) in [5.41, 5.74) is 6.84. The first-order valence-corrected chi connectivity index (χ1v) is 23.5. The Kier molecular flexibility index (Phi) is 16.6. The molecule has 0 saturated carbocycles. The fraction of sp³-hybridized carbons (Fsp3) is 0.591. The van der Waals surface area contributed by atoms with Gasteiger partial charge in [0, 0.05) is 38.5 Å².